The Bertz CT molecular complexity index is 530. The van der Waals surface area contributed by atoms with Crippen LogP contribution in [0.2, 0.25) is 0 Å². The molecule has 126 valence electrons. The molecule has 0 heterocycles. The summed E-state index contributed by atoms with van der Waals surface area (Å²) in [5.41, 5.74) is 7.06. The van der Waals surface area contributed by atoms with Crippen molar-refractivity contribution in [3.8, 4) is 0 Å². The molecule has 3 nitrogen and oxygen atoms in total. The lowest BCUT2D eigenvalue weighted by atomic mass is 9.65. The van der Waals surface area contributed by atoms with E-state index in [0.717, 1.165) is 17.9 Å². The highest BCUT2D eigenvalue weighted by Gasteiger charge is 2.42. The second-order valence-electron chi connectivity index (χ2n) is 7.63. The lowest BCUT2D eigenvalue weighted by Crippen LogP contribution is -2.47. The number of hydrogen-bond acceptors (Lipinski definition) is 3. The van der Waals surface area contributed by atoms with E-state index in [1.807, 2.05) is 30.3 Å². The third kappa shape index (κ3) is 4.02. The molecule has 2 saturated carbocycles. The third-order valence-corrected chi connectivity index (χ3v) is 5.95. The molecule has 1 aromatic carbocycles. The number of benzene rings is 1. The zero-order valence-electron chi connectivity index (χ0n) is 14.2. The van der Waals surface area contributed by atoms with E-state index in [1.54, 1.807) is 0 Å². The number of nitrogens with two attached hydrogens (primary N) is 1. The molecule has 0 radical (unpaired) electrons. The van der Waals surface area contributed by atoms with Crippen LogP contribution in [0.1, 0.15) is 51.0 Å². The minimum atomic E-state index is -0.469. The minimum absolute atomic E-state index is 0.0213. The number of ether oxygens (including phenoxy) is 1. The second kappa shape index (κ2) is 7.14. The molecule has 3 heteroatoms. The van der Waals surface area contributed by atoms with E-state index >= 15 is 0 Å². The van der Waals surface area contributed by atoms with Crippen LogP contribution in [-0.4, -0.2) is 24.0 Å². The van der Waals surface area contributed by atoms with Gasteiger partial charge in [-0.2, -0.15) is 0 Å². The van der Waals surface area contributed by atoms with Crippen molar-refractivity contribution in [3.63, 3.8) is 0 Å². The van der Waals surface area contributed by atoms with Crippen LogP contribution >= 0.6 is 0 Å². The first kappa shape index (κ1) is 16.7. The second-order valence-corrected chi connectivity index (χ2v) is 7.63. The summed E-state index contributed by atoms with van der Waals surface area (Å²) < 4.78 is 6.15. The van der Waals surface area contributed by atoms with E-state index in [4.69, 9.17) is 10.5 Å². The number of carbonyl (C=O) groups is 1. The fourth-order valence-corrected chi connectivity index (χ4v) is 4.32. The molecule has 0 saturated heterocycles. The van der Waals surface area contributed by atoms with Crippen molar-refractivity contribution in [3.05, 3.63) is 35.9 Å². The molecular weight excluding hydrogens is 286 g/mol. The predicted octanol–water partition coefficient (Wildman–Crippen LogP) is 3.50. The van der Waals surface area contributed by atoms with Gasteiger partial charge in [-0.15, -0.1) is 0 Å². The first-order valence-corrected chi connectivity index (χ1v) is 9.03. The summed E-state index contributed by atoms with van der Waals surface area (Å²) in [5.74, 6) is 1.53. The van der Waals surface area contributed by atoms with Gasteiger partial charge >= 0.3 is 0 Å². The van der Waals surface area contributed by atoms with Crippen molar-refractivity contribution < 1.29 is 9.53 Å². The molecule has 2 bridgehead atoms. The van der Waals surface area contributed by atoms with Crippen LogP contribution in [0.25, 0.3) is 0 Å². The van der Waals surface area contributed by atoms with Crippen molar-refractivity contribution >= 4 is 5.78 Å². The number of Topliss-reactive ketones (excluding diaryl/α,β-unsaturated/α-hetero) is 1. The largest absolute Gasteiger partial charge is 0.367 e. The van der Waals surface area contributed by atoms with E-state index in [0.29, 0.717) is 12.3 Å². The Balaban J connectivity index is 1.51. The van der Waals surface area contributed by atoms with Crippen LogP contribution in [-0.2, 0) is 16.0 Å². The molecule has 3 rings (SSSR count). The maximum absolute atomic E-state index is 12.4. The lowest BCUT2D eigenvalue weighted by Gasteiger charge is -2.47. The third-order valence-electron chi connectivity index (χ3n) is 5.95. The monoisotopic (exact) mass is 315 g/mol. The Labute approximate surface area is 139 Å². The van der Waals surface area contributed by atoms with Crippen molar-refractivity contribution in [2.75, 3.05) is 6.61 Å². The maximum atomic E-state index is 12.4. The Morgan fingerprint density at radius 1 is 1.30 bits per heavy atom. The number of ketones is 1. The van der Waals surface area contributed by atoms with Crippen LogP contribution in [0.3, 0.4) is 0 Å². The molecule has 23 heavy (non-hydrogen) atoms. The molecule has 0 amide bonds. The van der Waals surface area contributed by atoms with Crippen LogP contribution in [0.15, 0.2) is 30.3 Å². The van der Waals surface area contributed by atoms with Crippen LogP contribution < -0.4 is 5.73 Å². The molecule has 0 aliphatic heterocycles. The van der Waals surface area contributed by atoms with Gasteiger partial charge in [-0.25, -0.2) is 0 Å². The van der Waals surface area contributed by atoms with Gasteiger partial charge in [0.2, 0.25) is 0 Å². The maximum Gasteiger partial charge on any atom is 0.175 e. The van der Waals surface area contributed by atoms with Gasteiger partial charge in [-0.1, -0.05) is 43.2 Å². The van der Waals surface area contributed by atoms with Gasteiger partial charge < -0.3 is 10.5 Å². The molecule has 1 unspecified atom stereocenters. The highest BCUT2D eigenvalue weighted by Crippen LogP contribution is 2.46. The van der Waals surface area contributed by atoms with E-state index in [9.17, 15) is 4.79 Å². The number of rotatable bonds is 6. The highest BCUT2D eigenvalue weighted by molar-refractivity contribution is 5.85. The topological polar surface area (TPSA) is 52.3 Å². The smallest absolute Gasteiger partial charge is 0.175 e. The summed E-state index contributed by atoms with van der Waals surface area (Å²) in [4.78, 5) is 12.4. The fourth-order valence-electron chi connectivity index (χ4n) is 4.32. The van der Waals surface area contributed by atoms with E-state index in [-0.39, 0.29) is 18.0 Å². The highest BCUT2D eigenvalue weighted by atomic mass is 16.5. The number of hydrogen-bond donors (Lipinski definition) is 1. The first-order valence-electron chi connectivity index (χ1n) is 9.03. The quantitative estimate of drug-likeness (QED) is 0.874. The van der Waals surface area contributed by atoms with E-state index < -0.39 is 6.04 Å². The Hall–Kier alpha value is -1.19. The number of fused-ring (bicyclic) bond motifs is 2. The Morgan fingerprint density at radius 2 is 2.09 bits per heavy atom. The van der Waals surface area contributed by atoms with Crippen molar-refractivity contribution in [1.82, 2.24) is 0 Å². The average Bonchev–Trinajstić information content (AvgIpc) is 2.58. The van der Waals surface area contributed by atoms with Gasteiger partial charge in [-0.3, -0.25) is 4.79 Å². The normalized spacial score (nSPS) is 31.6. The van der Waals surface area contributed by atoms with Crippen LogP contribution in [0.4, 0.5) is 0 Å². The van der Waals surface area contributed by atoms with Gasteiger partial charge in [-0.05, 0) is 56.4 Å². The molecule has 0 aromatic heterocycles. The van der Waals surface area contributed by atoms with Gasteiger partial charge in [0.1, 0.15) is 6.61 Å². The molecule has 2 N–H and O–H groups in total. The molecule has 2 fully saturated rings. The van der Waals surface area contributed by atoms with E-state index in [2.05, 4.69) is 6.92 Å². The van der Waals surface area contributed by atoms with Gasteiger partial charge in [0.25, 0.3) is 0 Å². The molecule has 2 aliphatic rings. The van der Waals surface area contributed by atoms with Gasteiger partial charge in [0.15, 0.2) is 5.78 Å². The molecular formula is C20H29NO2. The zero-order chi connectivity index (χ0) is 16.3. The molecule has 0 spiro atoms. The lowest BCUT2D eigenvalue weighted by molar-refractivity contribution is -0.145. The minimum Gasteiger partial charge on any atom is -0.367 e. The standard InChI is InChI=1S/C20H29NO2/c1-20(11-10-16-8-5-9-17(20)12-16)23-14-19(22)18(21)13-15-6-3-2-4-7-15/h2-4,6-7,16-18H,5,8-14,21H2,1H3/t16-,17-,18?,20+/m1/s1. The summed E-state index contributed by atoms with van der Waals surface area (Å²) in [6, 6.07) is 9.49. The summed E-state index contributed by atoms with van der Waals surface area (Å²) in [7, 11) is 0. The summed E-state index contributed by atoms with van der Waals surface area (Å²) in [6.45, 7) is 2.36. The summed E-state index contributed by atoms with van der Waals surface area (Å²) in [6.07, 6.45) is 8.15. The fraction of sp³-hybridized carbons (Fsp3) is 0.650. The summed E-state index contributed by atoms with van der Waals surface area (Å²) >= 11 is 0. The Morgan fingerprint density at radius 3 is 2.87 bits per heavy atom. The van der Waals surface area contributed by atoms with E-state index in [1.165, 1.54) is 32.1 Å². The van der Waals surface area contributed by atoms with Crippen molar-refractivity contribution in [1.29, 1.82) is 0 Å². The Kier molecular flexibility index (Phi) is 5.17. The zero-order valence-corrected chi connectivity index (χ0v) is 14.2. The molecule has 2 aliphatic carbocycles. The predicted molar refractivity (Wildman–Crippen MR) is 92.2 cm³/mol. The van der Waals surface area contributed by atoms with Gasteiger partial charge in [0.05, 0.1) is 11.6 Å². The average molecular weight is 315 g/mol. The van der Waals surface area contributed by atoms with Crippen molar-refractivity contribution in [2.24, 2.45) is 17.6 Å². The van der Waals surface area contributed by atoms with Gasteiger partial charge in [0, 0.05) is 0 Å². The SMILES string of the molecule is C[C@]1(OCC(=O)C(N)Cc2ccccc2)CC[C@H]2CCC[C@@H]1C2. The molecule has 4 atom stereocenters. The van der Waals surface area contributed by atoms with Crippen LogP contribution in [0, 0.1) is 11.8 Å². The van der Waals surface area contributed by atoms with Crippen LogP contribution in [0.5, 0.6) is 0 Å². The molecule has 1 aromatic rings. The summed E-state index contributed by atoms with van der Waals surface area (Å²) in [5, 5.41) is 0. The first-order chi connectivity index (χ1) is 11.1. The number of carbonyl (C=O) groups excluding carboxylic acids is 1. The van der Waals surface area contributed by atoms with Crippen molar-refractivity contribution in [2.45, 2.75) is 63.5 Å².